The molecule has 0 saturated carbocycles. The average molecular weight is 417 g/mol. The van der Waals surface area contributed by atoms with Crippen molar-refractivity contribution < 1.29 is 14.7 Å². The van der Waals surface area contributed by atoms with Gasteiger partial charge in [0.25, 0.3) is 5.91 Å². The summed E-state index contributed by atoms with van der Waals surface area (Å²) >= 11 is 7.88. The molecule has 0 bridgehead atoms. The molecule has 0 radical (unpaired) electrons. The van der Waals surface area contributed by atoms with E-state index in [1.54, 1.807) is 12.1 Å². The molecular formula is C14H10ClIN2O3. The number of nitrogens with one attached hydrogen (secondary N) is 1. The van der Waals surface area contributed by atoms with Crippen LogP contribution in [0, 0.1) is 3.57 Å². The minimum Gasteiger partial charge on any atom is -0.478 e. The zero-order valence-electron chi connectivity index (χ0n) is 10.6. The number of carboxylic acid groups (broad SMARTS) is 1. The largest absolute Gasteiger partial charge is 0.478 e. The number of amides is 1. The van der Waals surface area contributed by atoms with E-state index in [0.29, 0.717) is 19.8 Å². The zero-order chi connectivity index (χ0) is 15.6. The predicted octanol–water partition coefficient (Wildman–Crippen LogP) is 3.48. The van der Waals surface area contributed by atoms with Gasteiger partial charge in [-0.25, -0.2) is 4.79 Å². The second-order valence-electron chi connectivity index (χ2n) is 4.19. The van der Waals surface area contributed by atoms with Gasteiger partial charge >= 0.3 is 5.97 Å². The van der Waals surface area contributed by atoms with E-state index in [0.717, 1.165) is 0 Å². The van der Waals surface area contributed by atoms with Crippen LogP contribution in [0.1, 0.15) is 20.7 Å². The molecular weight excluding hydrogens is 407 g/mol. The Bertz CT molecular complexity index is 734. The Morgan fingerprint density at radius 2 is 1.86 bits per heavy atom. The van der Waals surface area contributed by atoms with Crippen molar-refractivity contribution in [3.05, 3.63) is 56.1 Å². The lowest BCUT2D eigenvalue weighted by Crippen LogP contribution is -2.16. The molecule has 0 aliphatic heterocycles. The van der Waals surface area contributed by atoms with Gasteiger partial charge in [-0.2, -0.15) is 0 Å². The number of nitrogen functional groups attached to an aromatic ring is 1. The summed E-state index contributed by atoms with van der Waals surface area (Å²) in [6.45, 7) is 0. The highest BCUT2D eigenvalue weighted by Crippen LogP contribution is 2.22. The first-order valence-electron chi connectivity index (χ1n) is 5.77. The second kappa shape index (κ2) is 6.31. The SMILES string of the molecule is Nc1ccc(NC(=O)c2cc(Cl)ccc2I)c(C(=O)O)c1. The van der Waals surface area contributed by atoms with Gasteiger partial charge < -0.3 is 16.2 Å². The fourth-order valence-corrected chi connectivity index (χ4v) is 2.46. The third kappa shape index (κ3) is 3.64. The molecule has 4 N–H and O–H groups in total. The third-order valence-electron chi connectivity index (χ3n) is 2.70. The van der Waals surface area contributed by atoms with Crippen LogP contribution in [-0.2, 0) is 0 Å². The third-order valence-corrected chi connectivity index (χ3v) is 3.87. The number of carbonyl (C=O) groups excluding carboxylic acids is 1. The van der Waals surface area contributed by atoms with Crippen molar-refractivity contribution in [1.29, 1.82) is 0 Å². The molecule has 2 aromatic carbocycles. The van der Waals surface area contributed by atoms with E-state index in [2.05, 4.69) is 5.32 Å². The average Bonchev–Trinajstić information content (AvgIpc) is 2.43. The van der Waals surface area contributed by atoms with Crippen LogP contribution in [0.25, 0.3) is 0 Å². The number of carboxylic acids is 1. The molecule has 0 unspecified atom stereocenters. The highest BCUT2D eigenvalue weighted by molar-refractivity contribution is 14.1. The number of nitrogens with two attached hydrogens (primary N) is 1. The first-order chi connectivity index (χ1) is 9.88. The Kier molecular flexibility index (Phi) is 4.69. The highest BCUT2D eigenvalue weighted by atomic mass is 127. The molecule has 1 amide bonds. The molecule has 2 rings (SSSR count). The first-order valence-corrected chi connectivity index (χ1v) is 7.23. The summed E-state index contributed by atoms with van der Waals surface area (Å²) in [6, 6.07) is 9.17. The maximum Gasteiger partial charge on any atom is 0.337 e. The Morgan fingerprint density at radius 3 is 2.52 bits per heavy atom. The normalized spacial score (nSPS) is 10.2. The molecule has 5 nitrogen and oxygen atoms in total. The predicted molar refractivity (Wildman–Crippen MR) is 89.9 cm³/mol. The maximum absolute atomic E-state index is 12.2. The van der Waals surface area contributed by atoms with Crippen molar-refractivity contribution in [3.63, 3.8) is 0 Å². The number of hydrogen-bond donors (Lipinski definition) is 3. The first kappa shape index (κ1) is 15.6. The van der Waals surface area contributed by atoms with Gasteiger partial charge in [0, 0.05) is 14.3 Å². The number of anilines is 2. The molecule has 0 saturated heterocycles. The van der Waals surface area contributed by atoms with Crippen LogP contribution in [0.4, 0.5) is 11.4 Å². The summed E-state index contributed by atoms with van der Waals surface area (Å²) in [5.74, 6) is -1.60. The second-order valence-corrected chi connectivity index (χ2v) is 5.79. The maximum atomic E-state index is 12.2. The lowest BCUT2D eigenvalue weighted by molar-refractivity contribution is 0.0698. The van der Waals surface area contributed by atoms with Crippen LogP contribution in [0.2, 0.25) is 5.02 Å². The van der Waals surface area contributed by atoms with Gasteiger partial charge in [-0.3, -0.25) is 4.79 Å². The number of aromatic carboxylic acids is 1. The van der Waals surface area contributed by atoms with Crippen molar-refractivity contribution in [2.75, 3.05) is 11.1 Å². The number of rotatable bonds is 3. The fourth-order valence-electron chi connectivity index (χ4n) is 1.71. The Hall–Kier alpha value is -1.80. The van der Waals surface area contributed by atoms with Gasteiger partial charge in [0.15, 0.2) is 0 Å². The standard InChI is InChI=1S/C14H10ClIN2O3/c15-7-1-3-11(16)9(5-7)13(19)18-12-4-2-8(17)6-10(12)14(20)21/h1-6H,17H2,(H,18,19)(H,20,21). The molecule has 0 fully saturated rings. The molecule has 0 heterocycles. The number of carbonyl (C=O) groups is 2. The summed E-state index contributed by atoms with van der Waals surface area (Å²) in [5.41, 5.74) is 6.35. The van der Waals surface area contributed by atoms with Gasteiger partial charge in [-0.1, -0.05) is 11.6 Å². The van der Waals surface area contributed by atoms with E-state index in [9.17, 15) is 9.59 Å². The van der Waals surface area contributed by atoms with Crippen LogP contribution >= 0.6 is 34.2 Å². The van der Waals surface area contributed by atoms with Crippen LogP contribution in [0.5, 0.6) is 0 Å². The summed E-state index contributed by atoms with van der Waals surface area (Å²) in [4.78, 5) is 23.4. The fraction of sp³-hybridized carbons (Fsp3) is 0. The smallest absolute Gasteiger partial charge is 0.337 e. The monoisotopic (exact) mass is 416 g/mol. The van der Waals surface area contributed by atoms with Crippen molar-refractivity contribution in [2.24, 2.45) is 0 Å². The van der Waals surface area contributed by atoms with Gasteiger partial charge in [-0.15, -0.1) is 0 Å². The molecule has 0 aliphatic rings. The van der Waals surface area contributed by atoms with E-state index < -0.39 is 11.9 Å². The topological polar surface area (TPSA) is 92.4 Å². The summed E-state index contributed by atoms with van der Waals surface area (Å²) in [7, 11) is 0. The van der Waals surface area contributed by atoms with Gasteiger partial charge in [0.2, 0.25) is 0 Å². The van der Waals surface area contributed by atoms with Crippen molar-refractivity contribution in [1.82, 2.24) is 0 Å². The van der Waals surface area contributed by atoms with Crippen LogP contribution in [-0.4, -0.2) is 17.0 Å². The number of halogens is 2. The molecule has 0 aromatic heterocycles. The molecule has 0 atom stereocenters. The van der Waals surface area contributed by atoms with Crippen molar-refractivity contribution in [3.8, 4) is 0 Å². The summed E-state index contributed by atoms with van der Waals surface area (Å²) in [6.07, 6.45) is 0. The van der Waals surface area contributed by atoms with E-state index in [1.165, 1.54) is 24.3 Å². The Balaban J connectivity index is 2.36. The number of benzene rings is 2. The van der Waals surface area contributed by atoms with Crippen LogP contribution in [0.15, 0.2) is 36.4 Å². The summed E-state index contributed by atoms with van der Waals surface area (Å²) in [5, 5.41) is 12.1. The number of hydrogen-bond acceptors (Lipinski definition) is 3. The zero-order valence-corrected chi connectivity index (χ0v) is 13.5. The van der Waals surface area contributed by atoms with E-state index in [-0.39, 0.29) is 11.3 Å². The van der Waals surface area contributed by atoms with Crippen LogP contribution in [0.3, 0.4) is 0 Å². The van der Waals surface area contributed by atoms with Crippen molar-refractivity contribution in [2.45, 2.75) is 0 Å². The quantitative estimate of drug-likeness (QED) is 0.528. The van der Waals surface area contributed by atoms with Gasteiger partial charge in [-0.05, 0) is 59.0 Å². The van der Waals surface area contributed by atoms with E-state index >= 15 is 0 Å². The van der Waals surface area contributed by atoms with Gasteiger partial charge in [0.05, 0.1) is 16.8 Å². The molecule has 108 valence electrons. The molecule has 0 spiro atoms. The lowest BCUT2D eigenvalue weighted by atomic mass is 10.1. The summed E-state index contributed by atoms with van der Waals surface area (Å²) < 4.78 is 0.710. The van der Waals surface area contributed by atoms with Crippen molar-refractivity contribution >= 4 is 57.4 Å². The Morgan fingerprint density at radius 1 is 1.14 bits per heavy atom. The molecule has 7 heteroatoms. The molecule has 0 aliphatic carbocycles. The molecule has 2 aromatic rings. The minimum atomic E-state index is -1.17. The van der Waals surface area contributed by atoms with E-state index in [1.807, 2.05) is 22.6 Å². The van der Waals surface area contributed by atoms with E-state index in [4.69, 9.17) is 22.4 Å². The van der Waals surface area contributed by atoms with Gasteiger partial charge in [0.1, 0.15) is 0 Å². The van der Waals surface area contributed by atoms with Crippen LogP contribution < -0.4 is 11.1 Å². The Labute approximate surface area is 139 Å². The minimum absolute atomic E-state index is 0.0691. The molecule has 21 heavy (non-hydrogen) atoms. The highest BCUT2D eigenvalue weighted by Gasteiger charge is 2.16. The lowest BCUT2D eigenvalue weighted by Gasteiger charge is -2.10.